The molecule has 0 saturated carbocycles. The van der Waals surface area contributed by atoms with E-state index in [9.17, 15) is 0 Å². The average molecular weight is 229 g/mol. The van der Waals surface area contributed by atoms with Gasteiger partial charge in [-0.05, 0) is 25.1 Å². The minimum atomic E-state index is 0.779. The van der Waals surface area contributed by atoms with Crippen molar-refractivity contribution in [2.24, 2.45) is 0 Å². The van der Waals surface area contributed by atoms with Crippen LogP contribution in [0.25, 0.3) is 17.1 Å². The van der Waals surface area contributed by atoms with Crippen LogP contribution < -0.4 is 0 Å². The Bertz CT molecular complexity index is 596. The molecule has 0 unspecified atom stereocenters. The molecule has 3 aromatic heterocycles. The van der Waals surface area contributed by atoms with Crippen LogP contribution in [0.4, 0.5) is 0 Å². The fourth-order valence-corrected chi connectivity index (χ4v) is 1.62. The van der Waals surface area contributed by atoms with Crippen LogP contribution in [0.2, 0.25) is 0 Å². The fraction of sp³-hybridized carbons (Fsp3) is 0.231. The van der Waals surface area contributed by atoms with Gasteiger partial charge in [-0.3, -0.25) is 0 Å². The molecular weight excluding hydrogens is 214 g/mol. The van der Waals surface area contributed by atoms with Crippen molar-refractivity contribution in [2.75, 3.05) is 0 Å². The van der Waals surface area contributed by atoms with Crippen molar-refractivity contribution >= 4 is 5.65 Å². The van der Waals surface area contributed by atoms with E-state index in [0.29, 0.717) is 0 Å². The molecule has 0 aromatic carbocycles. The number of hydrogen-bond donors (Lipinski definition) is 0. The third-order valence-corrected chi connectivity index (χ3v) is 2.31. The van der Waals surface area contributed by atoms with Gasteiger partial charge in [0.1, 0.15) is 5.69 Å². The molecule has 0 radical (unpaired) electrons. The van der Waals surface area contributed by atoms with Crippen LogP contribution in [0.15, 0.2) is 41.1 Å². The zero-order valence-corrected chi connectivity index (χ0v) is 10.2. The summed E-state index contributed by atoms with van der Waals surface area (Å²) in [7, 11) is 0. The van der Waals surface area contributed by atoms with E-state index in [1.54, 1.807) is 17.0 Å². The molecule has 0 aliphatic carbocycles. The van der Waals surface area contributed by atoms with E-state index < -0.39 is 0 Å². The molecule has 0 atom stereocenters. The van der Waals surface area contributed by atoms with Crippen LogP contribution in [-0.2, 0) is 0 Å². The number of nitrogens with zero attached hydrogens (tertiary/aromatic N) is 3. The second kappa shape index (κ2) is 4.82. The summed E-state index contributed by atoms with van der Waals surface area (Å²) >= 11 is 0. The maximum absolute atomic E-state index is 5.31. The Labute approximate surface area is 99.9 Å². The maximum Gasteiger partial charge on any atom is 0.156 e. The van der Waals surface area contributed by atoms with Gasteiger partial charge in [0.05, 0.1) is 12.5 Å². The van der Waals surface area contributed by atoms with Crippen LogP contribution in [0, 0.1) is 6.92 Å². The van der Waals surface area contributed by atoms with Gasteiger partial charge < -0.3 is 4.42 Å². The van der Waals surface area contributed by atoms with Crippen molar-refractivity contribution in [2.45, 2.75) is 20.8 Å². The highest BCUT2D eigenvalue weighted by Gasteiger charge is 2.06. The lowest BCUT2D eigenvalue weighted by Gasteiger charge is -2.01. The standard InChI is InChI=1S/C11H9N3O.C2H6/c1-8-7-9(10-3-2-6-15-10)13-11-4-5-12-14(8)11;1-2/h2-7H,1H3;1-2H3. The van der Waals surface area contributed by atoms with Gasteiger partial charge >= 0.3 is 0 Å². The van der Waals surface area contributed by atoms with Crippen LogP contribution >= 0.6 is 0 Å². The second-order valence-electron chi connectivity index (χ2n) is 3.36. The van der Waals surface area contributed by atoms with Gasteiger partial charge in [-0.2, -0.15) is 5.10 Å². The Morgan fingerprint density at radius 1 is 1.24 bits per heavy atom. The van der Waals surface area contributed by atoms with Gasteiger partial charge in [0.15, 0.2) is 11.4 Å². The second-order valence-corrected chi connectivity index (χ2v) is 3.36. The summed E-state index contributed by atoms with van der Waals surface area (Å²) in [4.78, 5) is 4.45. The first-order valence-corrected chi connectivity index (χ1v) is 5.70. The summed E-state index contributed by atoms with van der Waals surface area (Å²) in [6.45, 7) is 5.99. The van der Waals surface area contributed by atoms with Gasteiger partial charge in [-0.1, -0.05) is 13.8 Å². The van der Waals surface area contributed by atoms with E-state index in [4.69, 9.17) is 4.42 Å². The van der Waals surface area contributed by atoms with Crippen LogP contribution in [0.1, 0.15) is 19.5 Å². The lowest BCUT2D eigenvalue weighted by atomic mass is 10.3. The Morgan fingerprint density at radius 2 is 2.06 bits per heavy atom. The molecule has 0 aliphatic heterocycles. The van der Waals surface area contributed by atoms with Crippen molar-refractivity contribution < 1.29 is 4.42 Å². The number of aromatic nitrogens is 3. The highest BCUT2D eigenvalue weighted by atomic mass is 16.3. The van der Waals surface area contributed by atoms with Gasteiger partial charge in [0, 0.05) is 11.8 Å². The van der Waals surface area contributed by atoms with E-state index >= 15 is 0 Å². The van der Waals surface area contributed by atoms with Crippen molar-refractivity contribution in [1.82, 2.24) is 14.6 Å². The Balaban J connectivity index is 0.000000514. The molecule has 3 rings (SSSR count). The summed E-state index contributed by atoms with van der Waals surface area (Å²) < 4.78 is 7.11. The summed E-state index contributed by atoms with van der Waals surface area (Å²) in [5.74, 6) is 0.779. The van der Waals surface area contributed by atoms with Gasteiger partial charge in [0.2, 0.25) is 0 Å². The number of rotatable bonds is 1. The minimum Gasteiger partial charge on any atom is -0.463 e. The van der Waals surface area contributed by atoms with Crippen LogP contribution in [-0.4, -0.2) is 14.6 Å². The van der Waals surface area contributed by atoms with Crippen molar-refractivity contribution in [3.05, 3.63) is 42.4 Å². The van der Waals surface area contributed by atoms with E-state index in [1.807, 2.05) is 45.0 Å². The molecule has 0 amide bonds. The van der Waals surface area contributed by atoms with Crippen molar-refractivity contribution in [1.29, 1.82) is 0 Å². The molecule has 0 saturated heterocycles. The third-order valence-electron chi connectivity index (χ3n) is 2.31. The highest BCUT2D eigenvalue weighted by Crippen LogP contribution is 2.19. The molecule has 3 aromatic rings. The molecular formula is C13H15N3O. The molecule has 0 bridgehead atoms. The van der Waals surface area contributed by atoms with Crippen LogP contribution in [0.5, 0.6) is 0 Å². The zero-order chi connectivity index (χ0) is 12.3. The predicted octanol–water partition coefficient (Wildman–Crippen LogP) is 3.32. The molecule has 0 spiro atoms. The Morgan fingerprint density at radius 3 is 2.76 bits per heavy atom. The third kappa shape index (κ3) is 2.06. The van der Waals surface area contributed by atoms with Crippen molar-refractivity contribution in [3.8, 4) is 11.5 Å². The first-order chi connectivity index (χ1) is 8.34. The average Bonchev–Trinajstić information content (AvgIpc) is 3.02. The summed E-state index contributed by atoms with van der Waals surface area (Å²) in [5, 5.41) is 4.16. The van der Waals surface area contributed by atoms with Gasteiger partial charge in [0.25, 0.3) is 0 Å². The normalized spacial score (nSPS) is 10.1. The molecule has 4 nitrogen and oxygen atoms in total. The number of fused-ring (bicyclic) bond motifs is 1. The van der Waals surface area contributed by atoms with Gasteiger partial charge in [-0.25, -0.2) is 9.50 Å². The number of aryl methyl sites for hydroxylation is 1. The number of hydrogen-bond acceptors (Lipinski definition) is 3. The van der Waals surface area contributed by atoms with Gasteiger partial charge in [-0.15, -0.1) is 0 Å². The number of furan rings is 1. The zero-order valence-electron chi connectivity index (χ0n) is 10.2. The minimum absolute atomic E-state index is 0.779. The summed E-state index contributed by atoms with van der Waals surface area (Å²) in [6.07, 6.45) is 3.38. The molecule has 0 aliphatic rings. The predicted molar refractivity (Wildman–Crippen MR) is 66.8 cm³/mol. The Hall–Kier alpha value is -2.10. The van der Waals surface area contributed by atoms with E-state index in [1.165, 1.54) is 0 Å². The lowest BCUT2D eigenvalue weighted by molar-refractivity contribution is 0.580. The van der Waals surface area contributed by atoms with E-state index in [0.717, 1.165) is 22.8 Å². The van der Waals surface area contributed by atoms with E-state index in [2.05, 4.69) is 10.1 Å². The molecule has 0 fully saturated rings. The first-order valence-electron chi connectivity index (χ1n) is 5.70. The quantitative estimate of drug-likeness (QED) is 0.642. The Kier molecular flexibility index (Phi) is 3.23. The monoisotopic (exact) mass is 229 g/mol. The molecule has 88 valence electrons. The summed E-state index contributed by atoms with van der Waals surface area (Å²) in [6, 6.07) is 7.58. The lowest BCUT2D eigenvalue weighted by Crippen LogP contribution is -1.96. The van der Waals surface area contributed by atoms with Crippen molar-refractivity contribution in [3.63, 3.8) is 0 Å². The largest absolute Gasteiger partial charge is 0.463 e. The SMILES string of the molecule is CC.Cc1cc(-c2ccco2)nc2ccnn12. The first kappa shape index (κ1) is 11.4. The highest BCUT2D eigenvalue weighted by molar-refractivity contribution is 5.56. The maximum atomic E-state index is 5.31. The van der Waals surface area contributed by atoms with E-state index in [-0.39, 0.29) is 0 Å². The molecule has 4 heteroatoms. The summed E-state index contributed by atoms with van der Waals surface area (Å²) in [5.41, 5.74) is 2.71. The fourth-order valence-electron chi connectivity index (χ4n) is 1.62. The van der Waals surface area contributed by atoms with Crippen LogP contribution in [0.3, 0.4) is 0 Å². The smallest absolute Gasteiger partial charge is 0.156 e. The molecule has 3 heterocycles. The molecule has 0 N–H and O–H groups in total. The topological polar surface area (TPSA) is 43.3 Å². The molecule has 17 heavy (non-hydrogen) atoms.